The van der Waals surface area contributed by atoms with Crippen LogP contribution in [-0.2, 0) is 4.79 Å². The van der Waals surface area contributed by atoms with Crippen LogP contribution < -0.4 is 0 Å². The van der Waals surface area contributed by atoms with E-state index in [9.17, 15) is 9.90 Å². The first-order valence-corrected chi connectivity index (χ1v) is 4.18. The second-order valence-corrected chi connectivity index (χ2v) is 4.03. The maximum atomic E-state index is 11.4. The van der Waals surface area contributed by atoms with Crippen molar-refractivity contribution in [3.8, 4) is 0 Å². The number of ketones is 1. The molecule has 1 N–H and O–H groups in total. The molecule has 1 aliphatic carbocycles. The summed E-state index contributed by atoms with van der Waals surface area (Å²) in [5, 5.41) is 9.38. The summed E-state index contributed by atoms with van der Waals surface area (Å²) in [5.74, 6) is 0.669. The minimum Gasteiger partial charge on any atom is -0.392 e. The molecule has 1 saturated carbocycles. The largest absolute Gasteiger partial charge is 0.392 e. The quantitative estimate of drug-likeness (QED) is 0.622. The van der Waals surface area contributed by atoms with Crippen LogP contribution >= 0.6 is 0 Å². The molecule has 0 amide bonds. The van der Waals surface area contributed by atoms with Gasteiger partial charge in [-0.1, -0.05) is 13.8 Å². The number of carbonyl (C=O) groups is 1. The van der Waals surface area contributed by atoms with Gasteiger partial charge in [0.2, 0.25) is 0 Å². The summed E-state index contributed by atoms with van der Waals surface area (Å²) < 4.78 is 0. The highest BCUT2D eigenvalue weighted by atomic mass is 16.3. The van der Waals surface area contributed by atoms with E-state index in [0.717, 1.165) is 6.42 Å². The predicted octanol–water partition coefficient (Wildman–Crippen LogP) is 1.37. The minimum atomic E-state index is -0.500. The predicted molar refractivity (Wildman–Crippen MR) is 43.2 cm³/mol. The van der Waals surface area contributed by atoms with Crippen molar-refractivity contribution in [1.82, 2.24) is 0 Å². The summed E-state index contributed by atoms with van der Waals surface area (Å²) in [6, 6.07) is 0. The van der Waals surface area contributed by atoms with Crippen LogP contribution in [0, 0.1) is 11.3 Å². The Balaban J connectivity index is 2.79. The summed E-state index contributed by atoms with van der Waals surface area (Å²) >= 11 is 0. The van der Waals surface area contributed by atoms with Gasteiger partial charge >= 0.3 is 0 Å². The molecule has 3 atom stereocenters. The lowest BCUT2D eigenvalue weighted by Gasteiger charge is -2.25. The Bertz CT molecular complexity index is 174. The first-order chi connectivity index (χ1) is 4.97. The molecule has 0 saturated heterocycles. The number of rotatable bonds is 1. The molecule has 1 fully saturated rings. The summed E-state index contributed by atoms with van der Waals surface area (Å²) in [6.07, 6.45) is 0.977. The van der Waals surface area contributed by atoms with Crippen molar-refractivity contribution in [1.29, 1.82) is 0 Å². The smallest absolute Gasteiger partial charge is 0.141 e. The number of Topliss-reactive ketones (excluding diaryl/α,β-unsaturated/α-hetero) is 1. The van der Waals surface area contributed by atoms with E-state index in [0.29, 0.717) is 12.3 Å². The zero-order valence-corrected chi connectivity index (χ0v) is 7.42. The molecule has 0 bridgehead atoms. The molecule has 0 heterocycles. The Kier molecular flexibility index (Phi) is 2.06. The lowest BCUT2D eigenvalue weighted by molar-refractivity contribution is -0.129. The summed E-state index contributed by atoms with van der Waals surface area (Å²) in [5.41, 5.74) is -0.459. The van der Waals surface area contributed by atoms with Gasteiger partial charge in [0.05, 0.1) is 11.5 Å². The van der Waals surface area contributed by atoms with Crippen molar-refractivity contribution >= 4 is 5.78 Å². The lowest BCUT2D eigenvalue weighted by Crippen LogP contribution is -2.33. The molecule has 1 rings (SSSR count). The average molecular weight is 156 g/mol. The topological polar surface area (TPSA) is 37.3 Å². The third-order valence-corrected chi connectivity index (χ3v) is 2.87. The van der Waals surface area contributed by atoms with Gasteiger partial charge < -0.3 is 5.11 Å². The van der Waals surface area contributed by atoms with Gasteiger partial charge in [-0.05, 0) is 19.3 Å². The first kappa shape index (κ1) is 8.72. The van der Waals surface area contributed by atoms with Crippen LogP contribution in [0.4, 0.5) is 0 Å². The van der Waals surface area contributed by atoms with Crippen LogP contribution in [0.3, 0.4) is 0 Å². The SMILES string of the molecule is CC1CC(=O)C(C)(C(C)O)C1. The molecule has 0 aliphatic heterocycles. The van der Waals surface area contributed by atoms with Crippen molar-refractivity contribution in [2.24, 2.45) is 11.3 Å². The van der Waals surface area contributed by atoms with E-state index in [1.165, 1.54) is 0 Å². The van der Waals surface area contributed by atoms with Crippen LogP contribution in [0.2, 0.25) is 0 Å². The molecule has 11 heavy (non-hydrogen) atoms. The zero-order valence-electron chi connectivity index (χ0n) is 7.42. The van der Waals surface area contributed by atoms with Gasteiger partial charge in [-0.2, -0.15) is 0 Å². The van der Waals surface area contributed by atoms with Gasteiger partial charge in [-0.3, -0.25) is 4.79 Å². The van der Waals surface area contributed by atoms with Gasteiger partial charge in [0.25, 0.3) is 0 Å². The van der Waals surface area contributed by atoms with E-state index in [-0.39, 0.29) is 5.78 Å². The number of aliphatic hydroxyl groups is 1. The van der Waals surface area contributed by atoms with Crippen LogP contribution in [-0.4, -0.2) is 17.0 Å². The van der Waals surface area contributed by atoms with E-state index in [1.54, 1.807) is 6.92 Å². The standard InChI is InChI=1S/C9H16O2/c1-6-4-8(11)9(3,5-6)7(2)10/h6-7,10H,4-5H2,1-3H3. The number of carbonyl (C=O) groups excluding carboxylic acids is 1. The molecular formula is C9H16O2. The fraction of sp³-hybridized carbons (Fsp3) is 0.889. The number of hydrogen-bond acceptors (Lipinski definition) is 2. The van der Waals surface area contributed by atoms with Gasteiger partial charge in [0.15, 0.2) is 0 Å². The molecule has 0 spiro atoms. The van der Waals surface area contributed by atoms with Crippen molar-refractivity contribution in [3.63, 3.8) is 0 Å². The first-order valence-electron chi connectivity index (χ1n) is 4.18. The molecule has 0 aromatic heterocycles. The monoisotopic (exact) mass is 156 g/mol. The lowest BCUT2D eigenvalue weighted by atomic mass is 9.82. The molecule has 2 heteroatoms. The second-order valence-electron chi connectivity index (χ2n) is 4.03. The van der Waals surface area contributed by atoms with E-state index >= 15 is 0 Å². The van der Waals surface area contributed by atoms with Gasteiger partial charge in [0, 0.05) is 6.42 Å². The fourth-order valence-corrected chi connectivity index (χ4v) is 1.86. The normalized spacial score (nSPS) is 41.1. The Hall–Kier alpha value is -0.370. The van der Waals surface area contributed by atoms with Crippen molar-refractivity contribution in [2.45, 2.75) is 39.7 Å². The molecule has 0 radical (unpaired) electrons. The molecule has 0 aromatic rings. The molecule has 2 nitrogen and oxygen atoms in total. The van der Waals surface area contributed by atoms with Crippen molar-refractivity contribution in [3.05, 3.63) is 0 Å². The van der Waals surface area contributed by atoms with Crippen LogP contribution in [0.1, 0.15) is 33.6 Å². The Morgan fingerprint density at radius 2 is 2.27 bits per heavy atom. The summed E-state index contributed by atoms with van der Waals surface area (Å²) in [7, 11) is 0. The third-order valence-electron chi connectivity index (χ3n) is 2.87. The van der Waals surface area contributed by atoms with Crippen LogP contribution in [0.15, 0.2) is 0 Å². The van der Waals surface area contributed by atoms with Gasteiger partial charge in [0.1, 0.15) is 5.78 Å². The zero-order chi connectivity index (χ0) is 8.65. The summed E-state index contributed by atoms with van der Waals surface area (Å²) in [4.78, 5) is 11.4. The Morgan fingerprint density at radius 1 is 1.73 bits per heavy atom. The Labute approximate surface area is 67.6 Å². The molecule has 64 valence electrons. The van der Waals surface area contributed by atoms with Crippen molar-refractivity contribution < 1.29 is 9.90 Å². The fourth-order valence-electron chi connectivity index (χ4n) is 1.86. The average Bonchev–Trinajstić information content (AvgIpc) is 2.08. The van der Waals surface area contributed by atoms with Gasteiger partial charge in [-0.25, -0.2) is 0 Å². The van der Waals surface area contributed by atoms with E-state index in [4.69, 9.17) is 0 Å². The molecule has 3 unspecified atom stereocenters. The third kappa shape index (κ3) is 1.32. The number of aliphatic hydroxyl groups excluding tert-OH is 1. The molecule has 0 aromatic carbocycles. The Morgan fingerprint density at radius 3 is 2.45 bits per heavy atom. The van der Waals surface area contributed by atoms with Crippen molar-refractivity contribution in [2.75, 3.05) is 0 Å². The maximum Gasteiger partial charge on any atom is 0.141 e. The number of hydrogen-bond donors (Lipinski definition) is 1. The highest BCUT2D eigenvalue weighted by molar-refractivity contribution is 5.87. The van der Waals surface area contributed by atoms with E-state index in [2.05, 4.69) is 6.92 Å². The van der Waals surface area contributed by atoms with Crippen LogP contribution in [0.5, 0.6) is 0 Å². The highest BCUT2D eigenvalue weighted by Crippen LogP contribution is 2.40. The molecule has 1 aliphatic rings. The van der Waals surface area contributed by atoms with Crippen LogP contribution in [0.25, 0.3) is 0 Å². The molecular weight excluding hydrogens is 140 g/mol. The maximum absolute atomic E-state index is 11.4. The second kappa shape index (κ2) is 2.59. The summed E-state index contributed by atoms with van der Waals surface area (Å²) in [6.45, 7) is 5.63. The van der Waals surface area contributed by atoms with E-state index < -0.39 is 11.5 Å². The van der Waals surface area contributed by atoms with E-state index in [1.807, 2.05) is 6.92 Å². The van der Waals surface area contributed by atoms with Gasteiger partial charge in [-0.15, -0.1) is 0 Å². The highest BCUT2D eigenvalue weighted by Gasteiger charge is 2.44. The minimum absolute atomic E-state index is 0.222.